The van der Waals surface area contributed by atoms with E-state index in [1.165, 1.54) is 0 Å². The molecule has 0 aliphatic carbocycles. The number of carbonyl (C=O) groups is 1. The van der Waals surface area contributed by atoms with Crippen LogP contribution in [0.15, 0.2) is 18.6 Å². The minimum Gasteiger partial charge on any atom is -0.375 e. The van der Waals surface area contributed by atoms with Crippen molar-refractivity contribution in [3.05, 3.63) is 30.1 Å². The molecule has 7 heteroatoms. The Hall–Kier alpha value is -2.28. The van der Waals surface area contributed by atoms with Gasteiger partial charge < -0.3 is 14.2 Å². The second-order valence-electron chi connectivity index (χ2n) is 6.28. The lowest BCUT2D eigenvalue weighted by Crippen LogP contribution is -2.31. The number of hydrogen-bond donors (Lipinski definition) is 0. The zero-order valence-electron chi connectivity index (χ0n) is 14.4. The molecule has 0 aromatic carbocycles. The van der Waals surface area contributed by atoms with Gasteiger partial charge in [0, 0.05) is 33.4 Å². The van der Waals surface area contributed by atoms with E-state index in [1.807, 2.05) is 35.8 Å². The molecule has 1 amide bonds. The Morgan fingerprint density at radius 2 is 2.21 bits per heavy atom. The van der Waals surface area contributed by atoms with E-state index >= 15 is 0 Å². The summed E-state index contributed by atoms with van der Waals surface area (Å²) in [5.74, 6) is 1.43. The standard InChI is InChI=1S/C17H23N5O2/c1-12-19-9-16(21(12)2)15-8-18-7-14(20-15)6-13-4-5-22(10-13)17(23)11-24-3/h7-9,13H,4-6,10-11H2,1-3H3/t13-/m0/s1. The highest BCUT2D eigenvalue weighted by molar-refractivity contribution is 5.77. The van der Waals surface area contributed by atoms with E-state index in [0.717, 1.165) is 48.8 Å². The molecule has 2 aromatic rings. The van der Waals surface area contributed by atoms with E-state index in [4.69, 9.17) is 9.72 Å². The van der Waals surface area contributed by atoms with Crippen molar-refractivity contribution in [3.8, 4) is 11.4 Å². The average Bonchev–Trinajstić information content (AvgIpc) is 3.16. The molecule has 1 atom stereocenters. The normalized spacial score (nSPS) is 17.5. The summed E-state index contributed by atoms with van der Waals surface area (Å²) in [6.45, 7) is 3.67. The Morgan fingerprint density at radius 3 is 2.92 bits per heavy atom. The third-order valence-corrected chi connectivity index (χ3v) is 4.57. The maximum absolute atomic E-state index is 11.9. The topological polar surface area (TPSA) is 73.1 Å². The van der Waals surface area contributed by atoms with Crippen molar-refractivity contribution in [1.82, 2.24) is 24.4 Å². The van der Waals surface area contributed by atoms with E-state index in [9.17, 15) is 4.79 Å². The lowest BCUT2D eigenvalue weighted by atomic mass is 10.0. The quantitative estimate of drug-likeness (QED) is 0.825. The fourth-order valence-electron chi connectivity index (χ4n) is 3.10. The molecule has 0 N–H and O–H groups in total. The van der Waals surface area contributed by atoms with Crippen LogP contribution >= 0.6 is 0 Å². The molecule has 1 fully saturated rings. The zero-order valence-corrected chi connectivity index (χ0v) is 14.4. The molecule has 2 aromatic heterocycles. The first-order chi connectivity index (χ1) is 11.6. The largest absolute Gasteiger partial charge is 0.375 e. The smallest absolute Gasteiger partial charge is 0.248 e. The molecule has 1 aliphatic rings. The highest BCUT2D eigenvalue weighted by Crippen LogP contribution is 2.22. The molecule has 3 heterocycles. The van der Waals surface area contributed by atoms with Gasteiger partial charge in [0.2, 0.25) is 5.91 Å². The van der Waals surface area contributed by atoms with Gasteiger partial charge in [0.15, 0.2) is 0 Å². The van der Waals surface area contributed by atoms with Crippen LogP contribution in [0.5, 0.6) is 0 Å². The third kappa shape index (κ3) is 3.46. The van der Waals surface area contributed by atoms with Crippen LogP contribution in [0.1, 0.15) is 17.9 Å². The fraction of sp³-hybridized carbons (Fsp3) is 0.529. The van der Waals surface area contributed by atoms with Gasteiger partial charge in [-0.25, -0.2) is 9.97 Å². The van der Waals surface area contributed by atoms with Gasteiger partial charge in [-0.05, 0) is 25.7 Å². The molecule has 7 nitrogen and oxygen atoms in total. The first-order valence-corrected chi connectivity index (χ1v) is 8.14. The summed E-state index contributed by atoms with van der Waals surface area (Å²) >= 11 is 0. The molecule has 0 bridgehead atoms. The molecule has 0 unspecified atom stereocenters. The molecule has 0 radical (unpaired) electrons. The Balaban J connectivity index is 1.68. The van der Waals surface area contributed by atoms with Crippen LogP contribution in [0.3, 0.4) is 0 Å². The van der Waals surface area contributed by atoms with Crippen LogP contribution in [0.2, 0.25) is 0 Å². The molecular formula is C17H23N5O2. The molecular weight excluding hydrogens is 306 g/mol. The third-order valence-electron chi connectivity index (χ3n) is 4.57. The van der Waals surface area contributed by atoms with Gasteiger partial charge in [-0.15, -0.1) is 0 Å². The minimum atomic E-state index is 0.0604. The van der Waals surface area contributed by atoms with Crippen molar-refractivity contribution in [2.24, 2.45) is 13.0 Å². The van der Waals surface area contributed by atoms with Gasteiger partial charge in [-0.2, -0.15) is 0 Å². The van der Waals surface area contributed by atoms with Crippen molar-refractivity contribution in [3.63, 3.8) is 0 Å². The highest BCUT2D eigenvalue weighted by atomic mass is 16.5. The van der Waals surface area contributed by atoms with Crippen LogP contribution in [-0.4, -0.2) is 57.1 Å². The highest BCUT2D eigenvalue weighted by Gasteiger charge is 2.26. The van der Waals surface area contributed by atoms with Crippen molar-refractivity contribution in [2.45, 2.75) is 19.8 Å². The number of likely N-dealkylation sites (tertiary alicyclic amines) is 1. The summed E-state index contributed by atoms with van der Waals surface area (Å²) in [4.78, 5) is 27.1. The zero-order chi connectivity index (χ0) is 17.1. The van der Waals surface area contributed by atoms with Gasteiger partial charge in [0.1, 0.15) is 18.1 Å². The van der Waals surface area contributed by atoms with Gasteiger partial charge in [-0.3, -0.25) is 9.78 Å². The first kappa shape index (κ1) is 16.6. The fourth-order valence-corrected chi connectivity index (χ4v) is 3.10. The lowest BCUT2D eigenvalue weighted by molar-refractivity contribution is -0.134. The molecule has 0 saturated carbocycles. The summed E-state index contributed by atoms with van der Waals surface area (Å²) in [5, 5.41) is 0. The van der Waals surface area contributed by atoms with E-state index in [1.54, 1.807) is 13.3 Å². The summed E-state index contributed by atoms with van der Waals surface area (Å²) in [7, 11) is 3.52. The lowest BCUT2D eigenvalue weighted by Gasteiger charge is -2.16. The summed E-state index contributed by atoms with van der Waals surface area (Å²) < 4.78 is 6.93. The maximum atomic E-state index is 11.9. The summed E-state index contributed by atoms with van der Waals surface area (Å²) in [6.07, 6.45) is 7.22. The SMILES string of the molecule is COCC(=O)N1CC[C@@H](Cc2cncc(-c3cnc(C)n3C)n2)C1. The first-order valence-electron chi connectivity index (χ1n) is 8.14. The molecule has 1 saturated heterocycles. The van der Waals surface area contributed by atoms with Crippen LogP contribution in [0.4, 0.5) is 0 Å². The predicted octanol–water partition coefficient (Wildman–Crippen LogP) is 1.22. The number of carbonyl (C=O) groups excluding carboxylic acids is 1. The molecule has 128 valence electrons. The number of amides is 1. The maximum Gasteiger partial charge on any atom is 0.248 e. The van der Waals surface area contributed by atoms with Gasteiger partial charge >= 0.3 is 0 Å². The number of imidazole rings is 1. The molecule has 24 heavy (non-hydrogen) atoms. The number of hydrogen-bond acceptors (Lipinski definition) is 5. The van der Waals surface area contributed by atoms with Crippen molar-refractivity contribution >= 4 is 5.91 Å². The summed E-state index contributed by atoms with van der Waals surface area (Å²) in [6, 6.07) is 0. The van der Waals surface area contributed by atoms with Gasteiger partial charge in [0.05, 0.1) is 23.8 Å². The number of methoxy groups -OCH3 is 1. The number of ether oxygens (including phenoxy) is 1. The molecule has 0 spiro atoms. The van der Waals surface area contributed by atoms with Crippen molar-refractivity contribution in [2.75, 3.05) is 26.8 Å². The van der Waals surface area contributed by atoms with E-state index < -0.39 is 0 Å². The van der Waals surface area contributed by atoms with Crippen LogP contribution in [0.25, 0.3) is 11.4 Å². The average molecular weight is 329 g/mol. The second-order valence-corrected chi connectivity index (χ2v) is 6.28. The Morgan fingerprint density at radius 1 is 1.38 bits per heavy atom. The minimum absolute atomic E-state index is 0.0604. The van der Waals surface area contributed by atoms with Crippen LogP contribution in [0, 0.1) is 12.8 Å². The number of nitrogens with zero attached hydrogens (tertiary/aromatic N) is 5. The summed E-state index contributed by atoms with van der Waals surface area (Å²) in [5.41, 5.74) is 2.75. The Labute approximate surface area is 141 Å². The van der Waals surface area contributed by atoms with Crippen molar-refractivity contribution in [1.29, 1.82) is 0 Å². The predicted molar refractivity (Wildman–Crippen MR) is 89.2 cm³/mol. The number of aryl methyl sites for hydroxylation is 1. The van der Waals surface area contributed by atoms with Gasteiger partial charge in [-0.1, -0.05) is 0 Å². The molecule has 3 rings (SSSR count). The van der Waals surface area contributed by atoms with Crippen LogP contribution < -0.4 is 0 Å². The van der Waals surface area contributed by atoms with Gasteiger partial charge in [0.25, 0.3) is 0 Å². The number of aromatic nitrogens is 4. The number of rotatable bonds is 5. The second kappa shape index (κ2) is 7.09. The van der Waals surface area contributed by atoms with Crippen molar-refractivity contribution < 1.29 is 9.53 Å². The van der Waals surface area contributed by atoms with E-state index in [2.05, 4.69) is 9.97 Å². The molecule has 1 aliphatic heterocycles. The van der Waals surface area contributed by atoms with E-state index in [0.29, 0.717) is 5.92 Å². The Bertz CT molecular complexity index is 728. The van der Waals surface area contributed by atoms with E-state index in [-0.39, 0.29) is 12.5 Å². The Kier molecular flexibility index (Phi) is 4.89. The monoisotopic (exact) mass is 329 g/mol. The van der Waals surface area contributed by atoms with Crippen LogP contribution in [-0.2, 0) is 23.0 Å².